The zero-order chi connectivity index (χ0) is 12.3. The Hall–Kier alpha value is -1.12. The first-order valence-corrected chi connectivity index (χ1v) is 6.36. The van der Waals surface area contributed by atoms with E-state index in [0.717, 1.165) is 29.4 Å². The van der Waals surface area contributed by atoms with Crippen molar-refractivity contribution in [2.45, 2.75) is 32.9 Å². The monoisotopic (exact) mass is 248 g/mol. The standard InChI is InChI=1S/C14H17ClN2/c1-3-10(2)16-9-12-8-11-6-4-5-7-13(11)17-14(12)15/h4-8,10,16H,3,9H2,1-2H3. The number of hydrogen-bond donors (Lipinski definition) is 1. The maximum absolute atomic E-state index is 6.18. The van der Waals surface area contributed by atoms with E-state index in [4.69, 9.17) is 11.6 Å². The van der Waals surface area contributed by atoms with E-state index in [2.05, 4.69) is 36.3 Å². The van der Waals surface area contributed by atoms with Crippen LogP contribution in [0, 0.1) is 0 Å². The minimum Gasteiger partial charge on any atom is -0.310 e. The van der Waals surface area contributed by atoms with Crippen LogP contribution in [0.15, 0.2) is 30.3 Å². The van der Waals surface area contributed by atoms with Crippen LogP contribution in [0.25, 0.3) is 10.9 Å². The summed E-state index contributed by atoms with van der Waals surface area (Å²) in [4.78, 5) is 4.40. The summed E-state index contributed by atoms with van der Waals surface area (Å²) in [6.45, 7) is 5.10. The normalized spacial score (nSPS) is 12.9. The molecule has 0 aliphatic heterocycles. The van der Waals surface area contributed by atoms with Gasteiger partial charge in [-0.05, 0) is 25.5 Å². The Morgan fingerprint density at radius 2 is 2.12 bits per heavy atom. The SMILES string of the molecule is CCC(C)NCc1cc2ccccc2nc1Cl. The summed E-state index contributed by atoms with van der Waals surface area (Å²) in [6.07, 6.45) is 1.11. The molecular weight excluding hydrogens is 232 g/mol. The second-order valence-corrected chi connectivity index (χ2v) is 4.68. The Labute approximate surface area is 107 Å². The molecule has 1 heterocycles. The summed E-state index contributed by atoms with van der Waals surface area (Å²) >= 11 is 6.18. The molecule has 2 rings (SSSR count). The Morgan fingerprint density at radius 1 is 1.35 bits per heavy atom. The maximum atomic E-state index is 6.18. The second-order valence-electron chi connectivity index (χ2n) is 4.32. The van der Waals surface area contributed by atoms with Gasteiger partial charge in [0.25, 0.3) is 0 Å². The smallest absolute Gasteiger partial charge is 0.134 e. The summed E-state index contributed by atoms with van der Waals surface area (Å²) in [6, 6.07) is 10.6. The van der Waals surface area contributed by atoms with Gasteiger partial charge in [0, 0.05) is 23.5 Å². The number of para-hydroxylation sites is 1. The molecule has 0 aliphatic carbocycles. The van der Waals surface area contributed by atoms with E-state index in [9.17, 15) is 0 Å². The molecule has 0 bridgehead atoms. The van der Waals surface area contributed by atoms with Crippen LogP contribution in [0.4, 0.5) is 0 Å². The number of nitrogens with one attached hydrogen (secondary N) is 1. The lowest BCUT2D eigenvalue weighted by atomic mass is 10.1. The van der Waals surface area contributed by atoms with E-state index < -0.39 is 0 Å². The van der Waals surface area contributed by atoms with E-state index in [1.54, 1.807) is 0 Å². The van der Waals surface area contributed by atoms with Gasteiger partial charge < -0.3 is 5.32 Å². The van der Waals surface area contributed by atoms with E-state index >= 15 is 0 Å². The van der Waals surface area contributed by atoms with Gasteiger partial charge in [-0.15, -0.1) is 0 Å². The Morgan fingerprint density at radius 3 is 2.88 bits per heavy atom. The molecule has 1 unspecified atom stereocenters. The molecule has 1 atom stereocenters. The van der Waals surface area contributed by atoms with Crippen molar-refractivity contribution < 1.29 is 0 Å². The summed E-state index contributed by atoms with van der Waals surface area (Å²) in [7, 11) is 0. The fraction of sp³-hybridized carbons (Fsp3) is 0.357. The van der Waals surface area contributed by atoms with Crippen molar-refractivity contribution in [2.75, 3.05) is 0 Å². The third-order valence-corrected chi connectivity index (χ3v) is 3.33. The third-order valence-electron chi connectivity index (χ3n) is 3.00. The Kier molecular flexibility index (Phi) is 3.97. The van der Waals surface area contributed by atoms with Crippen molar-refractivity contribution in [2.24, 2.45) is 0 Å². The molecule has 0 radical (unpaired) electrons. The maximum Gasteiger partial charge on any atom is 0.134 e. The van der Waals surface area contributed by atoms with Crippen molar-refractivity contribution >= 4 is 22.5 Å². The molecule has 0 spiro atoms. The molecule has 17 heavy (non-hydrogen) atoms. The lowest BCUT2D eigenvalue weighted by Gasteiger charge is -2.12. The first kappa shape index (κ1) is 12.3. The van der Waals surface area contributed by atoms with Crippen LogP contribution in [0.1, 0.15) is 25.8 Å². The molecule has 1 aromatic carbocycles. The van der Waals surface area contributed by atoms with Gasteiger partial charge in [0.05, 0.1) is 5.52 Å². The number of hydrogen-bond acceptors (Lipinski definition) is 2. The molecule has 3 heteroatoms. The van der Waals surface area contributed by atoms with Crippen LogP contribution in [0.3, 0.4) is 0 Å². The molecule has 90 valence electrons. The average molecular weight is 249 g/mol. The van der Waals surface area contributed by atoms with E-state index in [-0.39, 0.29) is 0 Å². The van der Waals surface area contributed by atoms with Gasteiger partial charge in [0.1, 0.15) is 5.15 Å². The van der Waals surface area contributed by atoms with Gasteiger partial charge >= 0.3 is 0 Å². The van der Waals surface area contributed by atoms with Crippen LogP contribution in [0.5, 0.6) is 0 Å². The zero-order valence-electron chi connectivity index (χ0n) is 10.2. The number of benzene rings is 1. The Balaban J connectivity index is 2.25. The number of pyridine rings is 1. The molecule has 0 saturated carbocycles. The van der Waals surface area contributed by atoms with Crippen LogP contribution >= 0.6 is 11.6 Å². The van der Waals surface area contributed by atoms with Gasteiger partial charge in [0.2, 0.25) is 0 Å². The number of aromatic nitrogens is 1. The number of fused-ring (bicyclic) bond motifs is 1. The molecule has 0 saturated heterocycles. The van der Waals surface area contributed by atoms with Gasteiger partial charge in [-0.3, -0.25) is 0 Å². The van der Waals surface area contributed by atoms with Crippen molar-refractivity contribution in [3.63, 3.8) is 0 Å². The largest absolute Gasteiger partial charge is 0.310 e. The molecule has 2 nitrogen and oxygen atoms in total. The van der Waals surface area contributed by atoms with Crippen molar-refractivity contribution in [1.29, 1.82) is 0 Å². The van der Waals surface area contributed by atoms with E-state index in [0.29, 0.717) is 11.2 Å². The topological polar surface area (TPSA) is 24.9 Å². The first-order valence-electron chi connectivity index (χ1n) is 5.98. The van der Waals surface area contributed by atoms with Crippen LogP contribution in [-0.4, -0.2) is 11.0 Å². The fourth-order valence-electron chi connectivity index (χ4n) is 1.69. The van der Waals surface area contributed by atoms with E-state index in [1.807, 2.05) is 18.2 Å². The van der Waals surface area contributed by atoms with Crippen LogP contribution in [0.2, 0.25) is 5.15 Å². The number of nitrogens with zero attached hydrogens (tertiary/aromatic N) is 1. The highest BCUT2D eigenvalue weighted by molar-refractivity contribution is 6.30. The molecule has 0 aliphatic rings. The fourth-order valence-corrected chi connectivity index (χ4v) is 1.90. The molecule has 0 amide bonds. The lowest BCUT2D eigenvalue weighted by molar-refractivity contribution is 0.534. The third kappa shape index (κ3) is 2.96. The van der Waals surface area contributed by atoms with Gasteiger partial charge in [-0.2, -0.15) is 0 Å². The molecule has 0 fully saturated rings. The van der Waals surface area contributed by atoms with Crippen molar-refractivity contribution in [3.05, 3.63) is 41.0 Å². The zero-order valence-corrected chi connectivity index (χ0v) is 11.0. The van der Waals surface area contributed by atoms with Gasteiger partial charge in [-0.25, -0.2) is 4.98 Å². The highest BCUT2D eigenvalue weighted by atomic mass is 35.5. The quantitative estimate of drug-likeness (QED) is 0.833. The minimum absolute atomic E-state index is 0.498. The lowest BCUT2D eigenvalue weighted by Crippen LogP contribution is -2.24. The molecule has 1 aromatic heterocycles. The number of rotatable bonds is 4. The van der Waals surface area contributed by atoms with Gasteiger partial charge in [0.15, 0.2) is 0 Å². The van der Waals surface area contributed by atoms with Crippen LogP contribution < -0.4 is 5.32 Å². The number of halogens is 1. The highest BCUT2D eigenvalue weighted by Gasteiger charge is 2.05. The van der Waals surface area contributed by atoms with Crippen molar-refractivity contribution in [3.8, 4) is 0 Å². The molecule has 1 N–H and O–H groups in total. The van der Waals surface area contributed by atoms with Gasteiger partial charge in [-0.1, -0.05) is 36.7 Å². The summed E-state index contributed by atoms with van der Waals surface area (Å²) < 4.78 is 0. The minimum atomic E-state index is 0.498. The Bertz CT molecular complexity index is 511. The predicted molar refractivity (Wildman–Crippen MR) is 73.3 cm³/mol. The summed E-state index contributed by atoms with van der Waals surface area (Å²) in [5.74, 6) is 0. The van der Waals surface area contributed by atoms with E-state index in [1.165, 1.54) is 0 Å². The highest BCUT2D eigenvalue weighted by Crippen LogP contribution is 2.20. The van der Waals surface area contributed by atoms with Crippen molar-refractivity contribution in [1.82, 2.24) is 10.3 Å². The summed E-state index contributed by atoms with van der Waals surface area (Å²) in [5.41, 5.74) is 2.01. The summed E-state index contributed by atoms with van der Waals surface area (Å²) in [5, 5.41) is 5.16. The molecular formula is C14H17ClN2. The predicted octanol–water partition coefficient (Wildman–Crippen LogP) is 3.78. The first-order chi connectivity index (χ1) is 8.20. The average Bonchev–Trinajstić information content (AvgIpc) is 2.35. The molecule has 2 aromatic rings. The van der Waals surface area contributed by atoms with Crippen LogP contribution in [-0.2, 0) is 6.54 Å². The second kappa shape index (κ2) is 5.48.